The standard InChI is InChI=1S/C30H28N2O4/c1-21-7-8-25(17-22(21)2)32-30(33)20-35-29-6-4-5-23(18-29)19-31-24-9-11-27(12-10-24)36-28-15-13-26(34-3)14-16-28/h4-19H,20H2,1-3H3,(H,32,33). The second-order valence-corrected chi connectivity index (χ2v) is 8.24. The maximum atomic E-state index is 12.3. The Bertz CT molecular complexity index is 1350. The molecule has 36 heavy (non-hydrogen) atoms. The second-order valence-electron chi connectivity index (χ2n) is 8.24. The molecule has 4 aromatic carbocycles. The van der Waals surface area contributed by atoms with E-state index in [-0.39, 0.29) is 12.5 Å². The van der Waals surface area contributed by atoms with Crippen molar-refractivity contribution in [2.24, 2.45) is 4.99 Å². The summed E-state index contributed by atoms with van der Waals surface area (Å²) in [6.07, 6.45) is 1.75. The maximum absolute atomic E-state index is 12.3. The lowest BCUT2D eigenvalue weighted by Gasteiger charge is -2.09. The Morgan fingerprint density at radius 2 is 1.50 bits per heavy atom. The van der Waals surface area contributed by atoms with Crippen LogP contribution in [-0.2, 0) is 4.79 Å². The number of methoxy groups -OCH3 is 1. The number of aryl methyl sites for hydroxylation is 2. The SMILES string of the molecule is COc1ccc(Oc2ccc(N=Cc3cccc(OCC(=O)Nc4ccc(C)c(C)c4)c3)cc2)cc1. The first-order chi connectivity index (χ1) is 17.5. The highest BCUT2D eigenvalue weighted by molar-refractivity contribution is 5.92. The van der Waals surface area contributed by atoms with E-state index in [0.29, 0.717) is 11.5 Å². The number of ether oxygens (including phenoxy) is 3. The van der Waals surface area contributed by atoms with Crippen LogP contribution in [0.1, 0.15) is 16.7 Å². The normalized spacial score (nSPS) is 10.8. The van der Waals surface area contributed by atoms with E-state index >= 15 is 0 Å². The number of rotatable bonds is 9. The van der Waals surface area contributed by atoms with Gasteiger partial charge in [-0.15, -0.1) is 0 Å². The molecule has 1 N–H and O–H groups in total. The largest absolute Gasteiger partial charge is 0.497 e. The Labute approximate surface area is 211 Å². The van der Waals surface area contributed by atoms with Crippen molar-refractivity contribution in [3.05, 3.63) is 108 Å². The minimum Gasteiger partial charge on any atom is -0.497 e. The summed E-state index contributed by atoms with van der Waals surface area (Å²) in [5, 5.41) is 2.86. The smallest absolute Gasteiger partial charge is 0.262 e. The zero-order chi connectivity index (χ0) is 25.3. The second kappa shape index (κ2) is 11.7. The minimum atomic E-state index is -0.214. The molecule has 0 fully saturated rings. The number of benzene rings is 4. The van der Waals surface area contributed by atoms with Crippen molar-refractivity contribution in [1.82, 2.24) is 0 Å². The third-order valence-corrected chi connectivity index (χ3v) is 5.51. The number of nitrogens with one attached hydrogen (secondary N) is 1. The first kappa shape index (κ1) is 24.5. The molecule has 182 valence electrons. The van der Waals surface area contributed by atoms with Crippen LogP contribution in [0.15, 0.2) is 96.0 Å². The van der Waals surface area contributed by atoms with Crippen molar-refractivity contribution in [3.63, 3.8) is 0 Å². The predicted octanol–water partition coefficient (Wildman–Crippen LogP) is 6.87. The molecule has 0 spiro atoms. The minimum absolute atomic E-state index is 0.0802. The van der Waals surface area contributed by atoms with Crippen LogP contribution in [0.5, 0.6) is 23.0 Å². The molecule has 6 nitrogen and oxygen atoms in total. The molecule has 0 saturated heterocycles. The number of carbonyl (C=O) groups is 1. The first-order valence-corrected chi connectivity index (χ1v) is 11.5. The summed E-state index contributed by atoms with van der Waals surface area (Å²) in [4.78, 5) is 16.8. The fraction of sp³-hybridized carbons (Fsp3) is 0.133. The van der Waals surface area contributed by atoms with Gasteiger partial charge in [0.25, 0.3) is 5.91 Å². The molecule has 6 heteroatoms. The molecule has 0 aliphatic heterocycles. The van der Waals surface area contributed by atoms with Crippen molar-refractivity contribution in [1.29, 1.82) is 0 Å². The average molecular weight is 481 g/mol. The van der Waals surface area contributed by atoms with E-state index in [1.54, 1.807) is 13.3 Å². The number of hydrogen-bond donors (Lipinski definition) is 1. The van der Waals surface area contributed by atoms with Crippen LogP contribution in [0.3, 0.4) is 0 Å². The van der Waals surface area contributed by atoms with Crippen molar-refractivity contribution in [2.75, 3.05) is 19.0 Å². The molecule has 0 saturated carbocycles. The van der Waals surface area contributed by atoms with Gasteiger partial charge in [0.15, 0.2) is 6.61 Å². The molecule has 0 heterocycles. The van der Waals surface area contributed by atoms with Crippen LogP contribution in [0.2, 0.25) is 0 Å². The zero-order valence-corrected chi connectivity index (χ0v) is 20.5. The lowest BCUT2D eigenvalue weighted by molar-refractivity contribution is -0.118. The number of nitrogens with zero attached hydrogens (tertiary/aromatic N) is 1. The van der Waals surface area contributed by atoms with Crippen LogP contribution in [-0.4, -0.2) is 25.8 Å². The van der Waals surface area contributed by atoms with Gasteiger partial charge in [0.05, 0.1) is 12.8 Å². The lowest BCUT2D eigenvalue weighted by atomic mass is 10.1. The predicted molar refractivity (Wildman–Crippen MR) is 143 cm³/mol. The molecular weight excluding hydrogens is 452 g/mol. The summed E-state index contributed by atoms with van der Waals surface area (Å²) in [5.74, 6) is 2.61. The maximum Gasteiger partial charge on any atom is 0.262 e. The van der Waals surface area contributed by atoms with Gasteiger partial charge in [0.1, 0.15) is 23.0 Å². The fourth-order valence-corrected chi connectivity index (χ4v) is 3.38. The molecule has 4 aromatic rings. The van der Waals surface area contributed by atoms with Gasteiger partial charge >= 0.3 is 0 Å². The Morgan fingerprint density at radius 1 is 0.806 bits per heavy atom. The van der Waals surface area contributed by atoms with E-state index in [1.807, 2.05) is 105 Å². The van der Waals surface area contributed by atoms with E-state index in [1.165, 1.54) is 5.56 Å². The number of carbonyl (C=O) groups excluding carboxylic acids is 1. The summed E-state index contributed by atoms with van der Waals surface area (Å²) < 4.78 is 16.7. The Hall–Kier alpha value is -4.58. The fourth-order valence-electron chi connectivity index (χ4n) is 3.38. The van der Waals surface area contributed by atoms with Gasteiger partial charge in [0.2, 0.25) is 0 Å². The topological polar surface area (TPSA) is 69.1 Å². The van der Waals surface area contributed by atoms with Crippen LogP contribution < -0.4 is 19.5 Å². The molecular formula is C30H28N2O4. The van der Waals surface area contributed by atoms with Crippen LogP contribution >= 0.6 is 0 Å². The number of amides is 1. The van der Waals surface area contributed by atoms with Crippen LogP contribution in [0.4, 0.5) is 11.4 Å². The van der Waals surface area contributed by atoms with E-state index in [4.69, 9.17) is 14.2 Å². The highest BCUT2D eigenvalue weighted by Crippen LogP contribution is 2.26. The molecule has 1 amide bonds. The highest BCUT2D eigenvalue weighted by Gasteiger charge is 2.05. The molecule has 0 atom stereocenters. The molecule has 0 unspecified atom stereocenters. The van der Waals surface area contributed by atoms with Gasteiger partial charge in [-0.05, 0) is 103 Å². The van der Waals surface area contributed by atoms with Gasteiger partial charge in [-0.1, -0.05) is 18.2 Å². The summed E-state index contributed by atoms with van der Waals surface area (Å²) >= 11 is 0. The summed E-state index contributed by atoms with van der Waals surface area (Å²) in [7, 11) is 1.63. The Kier molecular flexibility index (Phi) is 7.98. The van der Waals surface area contributed by atoms with Crippen molar-refractivity contribution >= 4 is 23.5 Å². The summed E-state index contributed by atoms with van der Waals surface area (Å²) in [5.41, 5.74) is 4.71. The molecule has 4 rings (SSSR count). The third-order valence-electron chi connectivity index (χ3n) is 5.51. The lowest BCUT2D eigenvalue weighted by Crippen LogP contribution is -2.20. The number of hydrogen-bond acceptors (Lipinski definition) is 5. The van der Waals surface area contributed by atoms with E-state index in [9.17, 15) is 4.79 Å². The average Bonchev–Trinajstić information content (AvgIpc) is 2.90. The zero-order valence-electron chi connectivity index (χ0n) is 20.5. The van der Waals surface area contributed by atoms with E-state index in [2.05, 4.69) is 10.3 Å². The Morgan fingerprint density at radius 3 is 2.19 bits per heavy atom. The summed E-state index contributed by atoms with van der Waals surface area (Å²) in [6.45, 7) is 3.97. The number of anilines is 1. The first-order valence-electron chi connectivity index (χ1n) is 11.5. The molecule has 0 aliphatic rings. The van der Waals surface area contributed by atoms with Gasteiger partial charge < -0.3 is 19.5 Å². The molecule has 0 aromatic heterocycles. The molecule has 0 radical (unpaired) electrons. The Balaban J connectivity index is 1.30. The number of aliphatic imine (C=N–C) groups is 1. The summed E-state index contributed by atoms with van der Waals surface area (Å²) in [6, 6.07) is 28.2. The van der Waals surface area contributed by atoms with Gasteiger partial charge in [0, 0.05) is 11.9 Å². The monoisotopic (exact) mass is 480 g/mol. The van der Waals surface area contributed by atoms with Crippen LogP contribution in [0, 0.1) is 13.8 Å². The molecule has 0 aliphatic carbocycles. The van der Waals surface area contributed by atoms with Gasteiger partial charge in [-0.3, -0.25) is 9.79 Å². The third kappa shape index (κ3) is 6.96. The van der Waals surface area contributed by atoms with Crippen molar-refractivity contribution < 1.29 is 19.0 Å². The quantitative estimate of drug-likeness (QED) is 0.265. The highest BCUT2D eigenvalue weighted by atomic mass is 16.5. The van der Waals surface area contributed by atoms with Crippen LogP contribution in [0.25, 0.3) is 0 Å². The van der Waals surface area contributed by atoms with Gasteiger partial charge in [-0.2, -0.15) is 0 Å². The molecule has 0 bridgehead atoms. The van der Waals surface area contributed by atoms with Crippen molar-refractivity contribution in [3.8, 4) is 23.0 Å². The van der Waals surface area contributed by atoms with E-state index in [0.717, 1.165) is 34.0 Å². The van der Waals surface area contributed by atoms with Gasteiger partial charge in [-0.25, -0.2) is 0 Å². The van der Waals surface area contributed by atoms with Crippen molar-refractivity contribution in [2.45, 2.75) is 13.8 Å². The van der Waals surface area contributed by atoms with E-state index < -0.39 is 0 Å².